The number of halogens is 1. The van der Waals surface area contributed by atoms with E-state index in [2.05, 4.69) is 4.98 Å². The molecule has 152 valence electrons. The number of pyridine rings is 1. The summed E-state index contributed by atoms with van der Waals surface area (Å²) in [5, 5.41) is 11.1. The first kappa shape index (κ1) is 19.5. The standard InChI is InChI=1S/C20H14FN3O5S/c1-13-2-5-15(6-3-13)30(27,28)23-11-9-16-18(8-10-22-20(16)23)29-19-7-4-14(24(25)26)12-17(19)21/h2-12H,1H3. The lowest BCUT2D eigenvalue weighted by Crippen LogP contribution is -2.12. The Morgan fingerprint density at radius 2 is 1.80 bits per heavy atom. The number of aryl methyl sites for hydroxylation is 1. The molecule has 0 saturated heterocycles. The third-order valence-electron chi connectivity index (χ3n) is 4.44. The molecule has 0 unspecified atom stereocenters. The van der Waals surface area contributed by atoms with Crippen molar-refractivity contribution in [3.8, 4) is 11.5 Å². The van der Waals surface area contributed by atoms with Crippen molar-refractivity contribution in [2.24, 2.45) is 0 Å². The molecule has 0 atom stereocenters. The van der Waals surface area contributed by atoms with Crippen molar-refractivity contribution >= 4 is 26.7 Å². The lowest BCUT2D eigenvalue weighted by molar-refractivity contribution is -0.385. The van der Waals surface area contributed by atoms with Gasteiger partial charge in [-0.25, -0.2) is 21.8 Å². The van der Waals surface area contributed by atoms with Gasteiger partial charge in [-0.15, -0.1) is 0 Å². The van der Waals surface area contributed by atoms with Gasteiger partial charge in [0.15, 0.2) is 17.2 Å². The van der Waals surface area contributed by atoms with Crippen LogP contribution in [-0.2, 0) is 10.0 Å². The number of aromatic nitrogens is 2. The molecule has 0 amide bonds. The molecule has 0 aliphatic rings. The van der Waals surface area contributed by atoms with Gasteiger partial charge in [0, 0.05) is 18.5 Å². The minimum atomic E-state index is -3.90. The van der Waals surface area contributed by atoms with Crippen LogP contribution in [0.1, 0.15) is 5.56 Å². The maximum atomic E-state index is 14.2. The van der Waals surface area contributed by atoms with Gasteiger partial charge in [-0.05, 0) is 37.3 Å². The van der Waals surface area contributed by atoms with Gasteiger partial charge in [0.1, 0.15) is 5.75 Å². The highest BCUT2D eigenvalue weighted by Crippen LogP contribution is 2.33. The monoisotopic (exact) mass is 427 g/mol. The van der Waals surface area contributed by atoms with E-state index in [1.165, 1.54) is 36.7 Å². The molecule has 2 aromatic carbocycles. The molecular weight excluding hydrogens is 413 g/mol. The average Bonchev–Trinajstić information content (AvgIpc) is 3.15. The van der Waals surface area contributed by atoms with E-state index in [1.807, 2.05) is 6.92 Å². The summed E-state index contributed by atoms with van der Waals surface area (Å²) in [4.78, 5) is 14.3. The number of fused-ring (bicyclic) bond motifs is 1. The molecule has 0 aliphatic carbocycles. The Morgan fingerprint density at radius 3 is 2.47 bits per heavy atom. The summed E-state index contributed by atoms with van der Waals surface area (Å²) >= 11 is 0. The fourth-order valence-corrected chi connectivity index (χ4v) is 4.20. The highest BCUT2D eigenvalue weighted by atomic mass is 32.2. The van der Waals surface area contributed by atoms with E-state index in [-0.39, 0.29) is 22.0 Å². The second-order valence-electron chi connectivity index (χ2n) is 6.45. The van der Waals surface area contributed by atoms with Gasteiger partial charge in [-0.2, -0.15) is 0 Å². The fourth-order valence-electron chi connectivity index (χ4n) is 2.90. The van der Waals surface area contributed by atoms with Crippen LogP contribution in [0.25, 0.3) is 11.0 Å². The highest BCUT2D eigenvalue weighted by molar-refractivity contribution is 7.90. The Kier molecular flexibility index (Phi) is 4.70. The van der Waals surface area contributed by atoms with Crippen LogP contribution in [0, 0.1) is 22.9 Å². The molecular formula is C20H14FN3O5S. The quantitative estimate of drug-likeness (QED) is 0.345. The normalized spacial score (nSPS) is 11.5. The van der Waals surface area contributed by atoms with Crippen molar-refractivity contribution in [3.63, 3.8) is 0 Å². The second kappa shape index (κ2) is 7.23. The number of nitrogens with zero attached hydrogens (tertiary/aromatic N) is 3. The van der Waals surface area contributed by atoms with Gasteiger partial charge in [0.05, 0.1) is 21.3 Å². The summed E-state index contributed by atoms with van der Waals surface area (Å²) in [5.74, 6) is -0.992. The highest BCUT2D eigenvalue weighted by Gasteiger charge is 2.21. The number of non-ortho nitro benzene ring substituents is 1. The van der Waals surface area contributed by atoms with Crippen LogP contribution in [0.3, 0.4) is 0 Å². The zero-order chi connectivity index (χ0) is 21.5. The van der Waals surface area contributed by atoms with Crippen LogP contribution < -0.4 is 4.74 Å². The molecule has 4 aromatic rings. The molecule has 0 spiro atoms. The molecule has 0 fully saturated rings. The van der Waals surface area contributed by atoms with Gasteiger partial charge >= 0.3 is 0 Å². The van der Waals surface area contributed by atoms with E-state index < -0.39 is 26.5 Å². The van der Waals surface area contributed by atoms with Crippen molar-refractivity contribution in [1.82, 2.24) is 8.96 Å². The van der Waals surface area contributed by atoms with E-state index in [0.29, 0.717) is 5.39 Å². The lowest BCUT2D eigenvalue weighted by Gasteiger charge is -2.09. The number of nitro benzene ring substituents is 1. The third kappa shape index (κ3) is 3.37. The Balaban J connectivity index is 1.76. The fraction of sp³-hybridized carbons (Fsp3) is 0.0500. The first-order valence-electron chi connectivity index (χ1n) is 8.67. The third-order valence-corrected chi connectivity index (χ3v) is 6.12. The molecule has 30 heavy (non-hydrogen) atoms. The van der Waals surface area contributed by atoms with E-state index >= 15 is 0 Å². The summed E-state index contributed by atoms with van der Waals surface area (Å²) in [6, 6.07) is 12.3. The molecule has 0 bridgehead atoms. The number of benzene rings is 2. The number of nitro groups is 1. The van der Waals surface area contributed by atoms with Crippen LogP contribution in [0.2, 0.25) is 0 Å². The van der Waals surface area contributed by atoms with Crippen molar-refractivity contribution in [2.45, 2.75) is 11.8 Å². The Hall–Kier alpha value is -3.79. The molecule has 4 rings (SSSR count). The van der Waals surface area contributed by atoms with Crippen molar-refractivity contribution in [1.29, 1.82) is 0 Å². The second-order valence-corrected chi connectivity index (χ2v) is 8.26. The Bertz CT molecular complexity index is 1380. The minimum Gasteiger partial charge on any atom is -0.453 e. The van der Waals surface area contributed by atoms with Crippen LogP contribution in [0.15, 0.2) is 71.9 Å². The lowest BCUT2D eigenvalue weighted by atomic mass is 10.2. The SMILES string of the molecule is Cc1ccc(S(=O)(=O)n2ccc3c(Oc4ccc([N+](=O)[O-])cc4F)ccnc32)cc1. The summed E-state index contributed by atoms with van der Waals surface area (Å²) in [5.41, 5.74) is 0.621. The zero-order valence-electron chi connectivity index (χ0n) is 15.5. The largest absolute Gasteiger partial charge is 0.453 e. The zero-order valence-corrected chi connectivity index (χ0v) is 16.3. The van der Waals surface area contributed by atoms with Crippen LogP contribution in [-0.4, -0.2) is 22.3 Å². The Labute approximate surface area is 170 Å². The Morgan fingerprint density at radius 1 is 1.07 bits per heavy atom. The van der Waals surface area contributed by atoms with Gasteiger partial charge in [-0.1, -0.05) is 17.7 Å². The van der Waals surface area contributed by atoms with E-state index in [0.717, 1.165) is 27.7 Å². The smallest absolute Gasteiger partial charge is 0.272 e. The summed E-state index contributed by atoms with van der Waals surface area (Å²) < 4.78 is 46.8. The first-order chi connectivity index (χ1) is 14.3. The van der Waals surface area contributed by atoms with E-state index in [1.54, 1.807) is 12.1 Å². The molecule has 2 aromatic heterocycles. The molecule has 0 N–H and O–H groups in total. The number of ether oxygens (including phenoxy) is 1. The summed E-state index contributed by atoms with van der Waals surface area (Å²) in [7, 11) is -3.90. The molecule has 0 radical (unpaired) electrons. The molecule has 0 saturated carbocycles. The maximum Gasteiger partial charge on any atom is 0.272 e. The predicted octanol–water partition coefficient (Wildman–Crippen LogP) is 4.42. The van der Waals surface area contributed by atoms with Crippen LogP contribution in [0.4, 0.5) is 10.1 Å². The topological polar surface area (TPSA) is 104 Å². The van der Waals surface area contributed by atoms with E-state index in [9.17, 15) is 22.9 Å². The van der Waals surface area contributed by atoms with E-state index in [4.69, 9.17) is 4.74 Å². The number of hydrogen-bond acceptors (Lipinski definition) is 6. The number of rotatable bonds is 5. The molecule has 10 heteroatoms. The van der Waals surface area contributed by atoms with Gasteiger partial charge < -0.3 is 4.74 Å². The molecule has 0 aliphatic heterocycles. The van der Waals surface area contributed by atoms with Crippen LogP contribution in [0.5, 0.6) is 11.5 Å². The maximum absolute atomic E-state index is 14.2. The van der Waals surface area contributed by atoms with Crippen LogP contribution >= 0.6 is 0 Å². The first-order valence-corrected chi connectivity index (χ1v) is 10.1. The van der Waals surface area contributed by atoms with Gasteiger partial charge in [0.2, 0.25) is 0 Å². The molecule has 8 nitrogen and oxygen atoms in total. The summed E-state index contributed by atoms with van der Waals surface area (Å²) in [6.45, 7) is 1.85. The summed E-state index contributed by atoms with van der Waals surface area (Å²) in [6.07, 6.45) is 2.67. The van der Waals surface area contributed by atoms with Gasteiger partial charge in [0.25, 0.3) is 15.7 Å². The molecule has 2 heterocycles. The minimum absolute atomic E-state index is 0.0973. The van der Waals surface area contributed by atoms with Crippen molar-refractivity contribution < 1.29 is 22.5 Å². The predicted molar refractivity (Wildman–Crippen MR) is 107 cm³/mol. The van der Waals surface area contributed by atoms with Crippen molar-refractivity contribution in [2.75, 3.05) is 0 Å². The number of hydrogen-bond donors (Lipinski definition) is 0. The average molecular weight is 427 g/mol. The van der Waals surface area contributed by atoms with Crippen molar-refractivity contribution in [3.05, 3.63) is 88.5 Å². The van der Waals surface area contributed by atoms with Gasteiger partial charge in [-0.3, -0.25) is 10.1 Å².